The topological polar surface area (TPSA) is 15.3 Å². The zero-order valence-corrected chi connectivity index (χ0v) is 12.1. The Bertz CT molecular complexity index is 132. The maximum absolute atomic E-state index is 3.41. The third-order valence-electron chi connectivity index (χ3n) is 2.90. The van der Waals surface area contributed by atoms with Crippen LogP contribution in [0.25, 0.3) is 0 Å². The van der Waals surface area contributed by atoms with Gasteiger partial charge < -0.3 is 10.2 Å². The fraction of sp³-hybridized carbons (Fsp3) is 1.00. The highest BCUT2D eigenvalue weighted by atomic mass is 15.1. The van der Waals surface area contributed by atoms with Crippen molar-refractivity contribution in [3.63, 3.8) is 0 Å². The van der Waals surface area contributed by atoms with Gasteiger partial charge >= 0.3 is 0 Å². The van der Waals surface area contributed by atoms with Gasteiger partial charge in [-0.05, 0) is 44.3 Å². The lowest BCUT2D eigenvalue weighted by molar-refractivity contribution is 0.244. The zero-order chi connectivity index (χ0) is 12.4. The van der Waals surface area contributed by atoms with Gasteiger partial charge in [-0.25, -0.2) is 0 Å². The van der Waals surface area contributed by atoms with Gasteiger partial charge in [-0.3, -0.25) is 0 Å². The van der Waals surface area contributed by atoms with Crippen LogP contribution < -0.4 is 5.32 Å². The summed E-state index contributed by atoms with van der Waals surface area (Å²) in [6.07, 6.45) is 2.65. The van der Waals surface area contributed by atoms with Crippen molar-refractivity contribution >= 4 is 0 Å². The van der Waals surface area contributed by atoms with Crippen LogP contribution in [0.4, 0.5) is 0 Å². The molecule has 0 rings (SSSR count). The van der Waals surface area contributed by atoms with Crippen LogP contribution in [0.5, 0.6) is 0 Å². The SMILES string of the molecule is CCNCCN(CCC(C)C)CCC(C)C. The molecular weight excluding hydrogens is 196 g/mol. The summed E-state index contributed by atoms with van der Waals surface area (Å²) in [5, 5.41) is 3.41. The fourth-order valence-corrected chi connectivity index (χ4v) is 1.63. The molecular formula is C14H32N2. The highest BCUT2D eigenvalue weighted by molar-refractivity contribution is 4.62. The molecule has 98 valence electrons. The molecule has 0 aromatic rings. The van der Waals surface area contributed by atoms with Crippen LogP contribution in [-0.4, -0.2) is 37.6 Å². The Labute approximate surface area is 103 Å². The molecule has 0 spiro atoms. The minimum atomic E-state index is 0.820. The van der Waals surface area contributed by atoms with E-state index in [4.69, 9.17) is 0 Å². The number of likely N-dealkylation sites (N-methyl/N-ethyl adjacent to an activating group) is 1. The average Bonchev–Trinajstić information content (AvgIpc) is 2.21. The second-order valence-electron chi connectivity index (χ2n) is 5.56. The van der Waals surface area contributed by atoms with E-state index in [2.05, 4.69) is 44.8 Å². The Morgan fingerprint density at radius 1 is 0.875 bits per heavy atom. The molecule has 2 nitrogen and oxygen atoms in total. The summed E-state index contributed by atoms with van der Waals surface area (Å²) in [6.45, 7) is 17.4. The number of nitrogens with one attached hydrogen (secondary N) is 1. The van der Waals surface area contributed by atoms with Crippen molar-refractivity contribution in [1.82, 2.24) is 10.2 Å². The summed E-state index contributed by atoms with van der Waals surface area (Å²) in [7, 11) is 0. The van der Waals surface area contributed by atoms with Crippen LogP contribution in [0.15, 0.2) is 0 Å². The fourth-order valence-electron chi connectivity index (χ4n) is 1.63. The Hall–Kier alpha value is -0.0800. The third kappa shape index (κ3) is 10.4. The maximum Gasteiger partial charge on any atom is 0.0107 e. The summed E-state index contributed by atoms with van der Waals surface area (Å²) in [5.74, 6) is 1.64. The summed E-state index contributed by atoms with van der Waals surface area (Å²) in [4.78, 5) is 2.61. The van der Waals surface area contributed by atoms with E-state index >= 15 is 0 Å². The van der Waals surface area contributed by atoms with E-state index in [-0.39, 0.29) is 0 Å². The van der Waals surface area contributed by atoms with Crippen LogP contribution in [0.3, 0.4) is 0 Å². The molecule has 0 fully saturated rings. The molecule has 1 N–H and O–H groups in total. The monoisotopic (exact) mass is 228 g/mol. The first-order chi connectivity index (χ1) is 7.56. The quantitative estimate of drug-likeness (QED) is 0.578. The van der Waals surface area contributed by atoms with E-state index < -0.39 is 0 Å². The number of hydrogen-bond donors (Lipinski definition) is 1. The molecule has 2 heteroatoms. The van der Waals surface area contributed by atoms with Gasteiger partial charge in [-0.2, -0.15) is 0 Å². The summed E-state index contributed by atoms with van der Waals surface area (Å²) in [6, 6.07) is 0. The van der Waals surface area contributed by atoms with E-state index in [9.17, 15) is 0 Å². The molecule has 0 aromatic heterocycles. The highest BCUT2D eigenvalue weighted by Crippen LogP contribution is 2.05. The van der Waals surface area contributed by atoms with Crippen molar-refractivity contribution in [2.45, 2.75) is 47.5 Å². The number of nitrogens with zero attached hydrogens (tertiary/aromatic N) is 1. The standard InChI is InChI=1S/C14H32N2/c1-6-15-9-12-16(10-7-13(2)3)11-8-14(4)5/h13-15H,6-12H2,1-5H3. The van der Waals surface area contributed by atoms with Crippen molar-refractivity contribution in [2.24, 2.45) is 11.8 Å². The number of rotatable bonds is 10. The molecule has 0 saturated carbocycles. The number of hydrogen-bond acceptors (Lipinski definition) is 2. The van der Waals surface area contributed by atoms with Gasteiger partial charge in [0.1, 0.15) is 0 Å². The van der Waals surface area contributed by atoms with Crippen molar-refractivity contribution < 1.29 is 0 Å². The molecule has 0 unspecified atom stereocenters. The summed E-state index contributed by atoms with van der Waals surface area (Å²) in [5.41, 5.74) is 0. The van der Waals surface area contributed by atoms with E-state index in [0.29, 0.717) is 0 Å². The molecule has 0 aromatic carbocycles. The molecule has 0 aliphatic rings. The normalized spacial score (nSPS) is 12.0. The van der Waals surface area contributed by atoms with Gasteiger partial charge in [0.25, 0.3) is 0 Å². The van der Waals surface area contributed by atoms with E-state index in [1.165, 1.54) is 32.5 Å². The zero-order valence-electron chi connectivity index (χ0n) is 12.1. The Balaban J connectivity index is 3.76. The smallest absolute Gasteiger partial charge is 0.0107 e. The molecule has 0 amide bonds. The average molecular weight is 228 g/mol. The molecule has 0 radical (unpaired) electrons. The Morgan fingerprint density at radius 3 is 1.75 bits per heavy atom. The van der Waals surface area contributed by atoms with Crippen LogP contribution in [-0.2, 0) is 0 Å². The first-order valence-corrected chi connectivity index (χ1v) is 6.99. The predicted octanol–water partition coefficient (Wildman–Crippen LogP) is 2.99. The van der Waals surface area contributed by atoms with Crippen molar-refractivity contribution in [3.8, 4) is 0 Å². The highest BCUT2D eigenvalue weighted by Gasteiger charge is 2.06. The predicted molar refractivity (Wildman–Crippen MR) is 73.9 cm³/mol. The van der Waals surface area contributed by atoms with Gasteiger partial charge in [0, 0.05) is 13.1 Å². The Morgan fingerprint density at radius 2 is 1.38 bits per heavy atom. The molecule has 0 saturated heterocycles. The molecule has 0 heterocycles. The first kappa shape index (κ1) is 15.9. The van der Waals surface area contributed by atoms with Crippen LogP contribution in [0.2, 0.25) is 0 Å². The van der Waals surface area contributed by atoms with E-state index in [1.54, 1.807) is 0 Å². The Kier molecular flexibility index (Phi) is 10.0. The summed E-state index contributed by atoms with van der Waals surface area (Å²) < 4.78 is 0. The van der Waals surface area contributed by atoms with Crippen LogP contribution in [0.1, 0.15) is 47.5 Å². The van der Waals surface area contributed by atoms with E-state index in [1.807, 2.05) is 0 Å². The molecule has 0 aliphatic heterocycles. The van der Waals surface area contributed by atoms with Gasteiger partial charge in [0.05, 0.1) is 0 Å². The van der Waals surface area contributed by atoms with E-state index in [0.717, 1.165) is 24.9 Å². The van der Waals surface area contributed by atoms with Crippen molar-refractivity contribution in [3.05, 3.63) is 0 Å². The minimum absolute atomic E-state index is 0.820. The molecule has 0 bridgehead atoms. The first-order valence-electron chi connectivity index (χ1n) is 6.99. The maximum atomic E-state index is 3.41. The van der Waals surface area contributed by atoms with Crippen LogP contribution in [0, 0.1) is 11.8 Å². The third-order valence-corrected chi connectivity index (χ3v) is 2.90. The van der Waals surface area contributed by atoms with Crippen molar-refractivity contribution in [2.75, 3.05) is 32.7 Å². The van der Waals surface area contributed by atoms with Crippen molar-refractivity contribution in [1.29, 1.82) is 0 Å². The molecule has 16 heavy (non-hydrogen) atoms. The van der Waals surface area contributed by atoms with Gasteiger partial charge in [-0.1, -0.05) is 34.6 Å². The lowest BCUT2D eigenvalue weighted by Gasteiger charge is -2.24. The van der Waals surface area contributed by atoms with Gasteiger partial charge in [-0.15, -0.1) is 0 Å². The minimum Gasteiger partial charge on any atom is -0.316 e. The molecule has 0 atom stereocenters. The molecule has 0 aliphatic carbocycles. The lowest BCUT2D eigenvalue weighted by atomic mass is 10.1. The van der Waals surface area contributed by atoms with Gasteiger partial charge in [0.2, 0.25) is 0 Å². The van der Waals surface area contributed by atoms with Crippen LogP contribution >= 0.6 is 0 Å². The van der Waals surface area contributed by atoms with Gasteiger partial charge in [0.15, 0.2) is 0 Å². The largest absolute Gasteiger partial charge is 0.316 e. The summed E-state index contributed by atoms with van der Waals surface area (Å²) >= 11 is 0. The second-order valence-corrected chi connectivity index (χ2v) is 5.56. The second kappa shape index (κ2) is 10.1. The lowest BCUT2D eigenvalue weighted by Crippen LogP contribution is -2.34.